The summed E-state index contributed by atoms with van der Waals surface area (Å²) in [7, 11) is -4.32. The van der Waals surface area contributed by atoms with E-state index in [0.717, 1.165) is 18.2 Å². The highest BCUT2D eigenvalue weighted by Crippen LogP contribution is 2.30. The molecule has 0 fully saturated rings. The van der Waals surface area contributed by atoms with E-state index in [2.05, 4.69) is 9.46 Å². The molecule has 0 bridgehead atoms. The second kappa shape index (κ2) is 5.76. The van der Waals surface area contributed by atoms with Crippen molar-refractivity contribution >= 4 is 15.7 Å². The van der Waals surface area contributed by atoms with Gasteiger partial charge in [0.15, 0.2) is 0 Å². The van der Waals surface area contributed by atoms with Crippen molar-refractivity contribution < 1.29 is 31.4 Å². The predicted molar refractivity (Wildman–Crippen MR) is 72.0 cm³/mol. The largest absolute Gasteiger partial charge is 0.573 e. The van der Waals surface area contributed by atoms with E-state index < -0.39 is 27.0 Å². The summed E-state index contributed by atoms with van der Waals surface area (Å²) in [6.07, 6.45) is -5.02. The van der Waals surface area contributed by atoms with Crippen molar-refractivity contribution in [3.05, 3.63) is 48.5 Å². The molecule has 0 spiro atoms. The number of phenols is 1. The van der Waals surface area contributed by atoms with Gasteiger partial charge in [-0.25, -0.2) is 8.42 Å². The first-order chi connectivity index (χ1) is 10.2. The van der Waals surface area contributed by atoms with Crippen LogP contribution in [0.5, 0.6) is 11.5 Å². The average molecular weight is 333 g/mol. The normalized spacial score (nSPS) is 12.0. The molecule has 0 atom stereocenters. The maximum atomic E-state index is 12.3. The summed E-state index contributed by atoms with van der Waals surface area (Å²) in [6, 6.07) is 9.50. The third-order valence-electron chi connectivity index (χ3n) is 2.46. The minimum absolute atomic E-state index is 0.00168. The number of para-hydroxylation sites is 1. The molecule has 0 unspecified atom stereocenters. The number of nitrogens with one attached hydrogen (secondary N) is 1. The Kier molecular flexibility index (Phi) is 4.18. The smallest absolute Gasteiger partial charge is 0.508 e. The van der Waals surface area contributed by atoms with Crippen LogP contribution in [0.3, 0.4) is 0 Å². The van der Waals surface area contributed by atoms with Crippen molar-refractivity contribution in [1.82, 2.24) is 0 Å². The van der Waals surface area contributed by atoms with Crippen LogP contribution in [0.25, 0.3) is 0 Å². The van der Waals surface area contributed by atoms with Gasteiger partial charge in [-0.1, -0.05) is 18.2 Å². The standard InChI is InChI=1S/C13H10F3NO4S/c14-13(15,16)21-11-6-1-2-7-12(11)22(19,20)17-9-4-3-5-10(18)8-9/h1-8,17-18H. The summed E-state index contributed by atoms with van der Waals surface area (Å²) in [5, 5.41) is 9.28. The Morgan fingerprint density at radius 1 is 1.05 bits per heavy atom. The maximum Gasteiger partial charge on any atom is 0.573 e. The summed E-state index contributed by atoms with van der Waals surface area (Å²) in [5.41, 5.74) is 0.00168. The monoisotopic (exact) mass is 333 g/mol. The molecular weight excluding hydrogens is 323 g/mol. The van der Waals surface area contributed by atoms with Gasteiger partial charge >= 0.3 is 6.36 Å². The van der Waals surface area contributed by atoms with Gasteiger partial charge in [0, 0.05) is 6.07 Å². The van der Waals surface area contributed by atoms with Crippen molar-refractivity contribution in [2.75, 3.05) is 4.72 Å². The molecule has 0 saturated carbocycles. The van der Waals surface area contributed by atoms with E-state index in [-0.39, 0.29) is 11.4 Å². The Bertz CT molecular complexity index is 775. The van der Waals surface area contributed by atoms with E-state index >= 15 is 0 Å². The lowest BCUT2D eigenvalue weighted by Crippen LogP contribution is -2.20. The van der Waals surface area contributed by atoms with Crippen molar-refractivity contribution in [2.45, 2.75) is 11.3 Å². The summed E-state index contributed by atoms with van der Waals surface area (Å²) >= 11 is 0. The van der Waals surface area contributed by atoms with E-state index in [9.17, 15) is 26.7 Å². The number of benzene rings is 2. The number of hydrogen-bond donors (Lipinski definition) is 2. The highest BCUT2D eigenvalue weighted by molar-refractivity contribution is 7.92. The zero-order chi connectivity index (χ0) is 16.4. The predicted octanol–water partition coefficient (Wildman–Crippen LogP) is 3.09. The molecule has 2 aromatic rings. The second-order valence-electron chi connectivity index (χ2n) is 4.15. The minimum atomic E-state index is -5.02. The summed E-state index contributed by atoms with van der Waals surface area (Å²) in [4.78, 5) is -0.671. The lowest BCUT2D eigenvalue weighted by molar-refractivity contribution is -0.275. The Morgan fingerprint density at radius 2 is 1.73 bits per heavy atom. The zero-order valence-electron chi connectivity index (χ0n) is 10.8. The molecule has 5 nitrogen and oxygen atoms in total. The number of alkyl halides is 3. The number of halogens is 3. The first-order valence-corrected chi connectivity index (χ1v) is 7.32. The molecule has 0 aromatic heterocycles. The van der Waals surface area contributed by atoms with Gasteiger partial charge in [-0.3, -0.25) is 4.72 Å². The molecule has 0 aliphatic rings. The number of sulfonamides is 1. The zero-order valence-corrected chi connectivity index (χ0v) is 11.6. The molecule has 0 radical (unpaired) electrons. The Morgan fingerprint density at radius 3 is 2.36 bits per heavy atom. The first-order valence-electron chi connectivity index (χ1n) is 5.84. The van der Waals surface area contributed by atoms with Crippen LogP contribution >= 0.6 is 0 Å². The van der Waals surface area contributed by atoms with Crippen LogP contribution in [-0.2, 0) is 10.0 Å². The van der Waals surface area contributed by atoms with Gasteiger partial charge < -0.3 is 9.84 Å². The fourth-order valence-electron chi connectivity index (χ4n) is 1.66. The molecule has 9 heteroatoms. The third-order valence-corrected chi connectivity index (χ3v) is 3.88. The molecule has 0 aliphatic heterocycles. The topological polar surface area (TPSA) is 75.6 Å². The number of anilines is 1. The van der Waals surface area contributed by atoms with Gasteiger partial charge in [0.25, 0.3) is 10.0 Å². The van der Waals surface area contributed by atoms with E-state index in [1.807, 2.05) is 0 Å². The van der Waals surface area contributed by atoms with Gasteiger partial charge in [0.2, 0.25) is 0 Å². The van der Waals surface area contributed by atoms with E-state index in [1.54, 1.807) is 0 Å². The van der Waals surface area contributed by atoms with Crippen molar-refractivity contribution in [2.24, 2.45) is 0 Å². The molecule has 2 rings (SSSR count). The van der Waals surface area contributed by atoms with Gasteiger partial charge in [0.05, 0.1) is 5.69 Å². The van der Waals surface area contributed by atoms with Crippen molar-refractivity contribution in [3.63, 3.8) is 0 Å². The molecule has 22 heavy (non-hydrogen) atoms. The van der Waals surface area contributed by atoms with Crippen LogP contribution in [0.15, 0.2) is 53.4 Å². The van der Waals surface area contributed by atoms with Gasteiger partial charge in [-0.15, -0.1) is 13.2 Å². The van der Waals surface area contributed by atoms with Crippen LogP contribution in [0, 0.1) is 0 Å². The molecule has 0 heterocycles. The molecule has 118 valence electrons. The number of aromatic hydroxyl groups is 1. The van der Waals surface area contributed by atoms with Gasteiger partial charge in [0.1, 0.15) is 16.4 Å². The summed E-state index contributed by atoms with van der Waals surface area (Å²) in [6.45, 7) is 0. The average Bonchev–Trinajstić information content (AvgIpc) is 2.36. The Labute approximate surface area is 124 Å². The fraction of sp³-hybridized carbons (Fsp3) is 0.0769. The highest BCUT2D eigenvalue weighted by atomic mass is 32.2. The minimum Gasteiger partial charge on any atom is -0.508 e. The van der Waals surface area contributed by atoms with E-state index in [1.165, 1.54) is 30.3 Å². The summed E-state index contributed by atoms with van der Waals surface area (Å²) in [5.74, 6) is -1.04. The van der Waals surface area contributed by atoms with Gasteiger partial charge in [-0.2, -0.15) is 0 Å². The first kappa shape index (κ1) is 16.0. The van der Waals surface area contributed by atoms with Crippen LogP contribution < -0.4 is 9.46 Å². The summed E-state index contributed by atoms with van der Waals surface area (Å²) < 4.78 is 67.1. The maximum absolute atomic E-state index is 12.3. The molecule has 0 aliphatic carbocycles. The Hall–Kier alpha value is -2.42. The third kappa shape index (κ3) is 4.04. The van der Waals surface area contributed by atoms with E-state index in [4.69, 9.17) is 0 Å². The molecule has 0 saturated heterocycles. The lowest BCUT2D eigenvalue weighted by atomic mass is 10.3. The quantitative estimate of drug-likeness (QED) is 0.901. The van der Waals surface area contributed by atoms with Crippen LogP contribution in [0.1, 0.15) is 0 Å². The number of hydrogen-bond acceptors (Lipinski definition) is 4. The van der Waals surface area contributed by atoms with E-state index in [0.29, 0.717) is 0 Å². The van der Waals surface area contributed by atoms with Crippen LogP contribution in [0.2, 0.25) is 0 Å². The Balaban J connectivity index is 2.38. The van der Waals surface area contributed by atoms with Crippen molar-refractivity contribution in [1.29, 1.82) is 0 Å². The molecule has 2 aromatic carbocycles. The van der Waals surface area contributed by atoms with Crippen LogP contribution in [0.4, 0.5) is 18.9 Å². The number of ether oxygens (including phenoxy) is 1. The number of phenolic OH excluding ortho intramolecular Hbond substituents is 1. The molecule has 2 N–H and O–H groups in total. The molecule has 0 amide bonds. The lowest BCUT2D eigenvalue weighted by Gasteiger charge is -2.14. The molecular formula is C13H10F3NO4S. The van der Waals surface area contributed by atoms with Crippen LogP contribution in [-0.4, -0.2) is 19.9 Å². The second-order valence-corrected chi connectivity index (χ2v) is 5.80. The number of rotatable bonds is 4. The van der Waals surface area contributed by atoms with Crippen molar-refractivity contribution in [3.8, 4) is 11.5 Å². The fourth-order valence-corrected chi connectivity index (χ4v) is 2.84. The highest BCUT2D eigenvalue weighted by Gasteiger charge is 2.34. The SMILES string of the molecule is O=S(=O)(Nc1cccc(O)c1)c1ccccc1OC(F)(F)F. The van der Waals surface area contributed by atoms with Gasteiger partial charge in [-0.05, 0) is 24.3 Å².